The van der Waals surface area contributed by atoms with E-state index in [0.29, 0.717) is 11.7 Å². The van der Waals surface area contributed by atoms with Crippen molar-refractivity contribution >= 4 is 28.4 Å². The number of carbonyl (C=O) groups excluding carboxylic acids is 1. The second-order valence-electron chi connectivity index (χ2n) is 7.85. The quantitative estimate of drug-likeness (QED) is 0.573. The molecule has 2 aromatic carbocycles. The van der Waals surface area contributed by atoms with E-state index in [2.05, 4.69) is 63.9 Å². The van der Waals surface area contributed by atoms with Crippen molar-refractivity contribution in [3.05, 3.63) is 62.7 Å². The number of rotatable bonds is 5. The van der Waals surface area contributed by atoms with Crippen molar-refractivity contribution in [3.8, 4) is 5.75 Å². The third-order valence-electron chi connectivity index (χ3n) is 6.05. The average Bonchev–Trinajstić information content (AvgIpc) is 2.98. The second-order valence-corrected chi connectivity index (χ2v) is 9.01. The zero-order valence-corrected chi connectivity index (χ0v) is 17.9. The summed E-state index contributed by atoms with van der Waals surface area (Å²) in [6.07, 6.45) is 4.34. The summed E-state index contributed by atoms with van der Waals surface area (Å²) >= 11 is 2.29. The lowest BCUT2D eigenvalue weighted by molar-refractivity contribution is 0.0895. The zero-order chi connectivity index (χ0) is 18.8. The molecule has 1 heterocycles. The van der Waals surface area contributed by atoms with Gasteiger partial charge in [-0.3, -0.25) is 9.69 Å². The van der Waals surface area contributed by atoms with Crippen molar-refractivity contribution in [1.29, 1.82) is 0 Å². The van der Waals surface area contributed by atoms with E-state index < -0.39 is 0 Å². The SMILES string of the molecule is COc1cc2c(cc1I)CC(CC1CCN(Cc3ccccc3)CC1)C2=O. The summed E-state index contributed by atoms with van der Waals surface area (Å²) in [5.74, 6) is 1.97. The van der Waals surface area contributed by atoms with Crippen LogP contribution in [0.3, 0.4) is 0 Å². The molecule has 0 amide bonds. The highest BCUT2D eigenvalue weighted by atomic mass is 127. The number of halogens is 1. The van der Waals surface area contributed by atoms with E-state index in [9.17, 15) is 4.79 Å². The van der Waals surface area contributed by atoms with E-state index in [-0.39, 0.29) is 5.92 Å². The minimum atomic E-state index is 0.161. The van der Waals surface area contributed by atoms with Crippen molar-refractivity contribution in [2.24, 2.45) is 11.8 Å². The number of ketones is 1. The average molecular weight is 475 g/mol. The Balaban J connectivity index is 1.32. The Morgan fingerprint density at radius 1 is 1.15 bits per heavy atom. The first-order valence-corrected chi connectivity index (χ1v) is 10.9. The fourth-order valence-corrected chi connectivity index (χ4v) is 5.29. The van der Waals surface area contributed by atoms with E-state index in [4.69, 9.17) is 4.74 Å². The van der Waals surface area contributed by atoms with Crippen LogP contribution in [0.1, 0.15) is 40.7 Å². The largest absolute Gasteiger partial charge is 0.496 e. The van der Waals surface area contributed by atoms with Crippen LogP contribution < -0.4 is 4.74 Å². The number of methoxy groups -OCH3 is 1. The molecule has 0 spiro atoms. The van der Waals surface area contributed by atoms with E-state index in [0.717, 1.165) is 47.4 Å². The van der Waals surface area contributed by atoms with Crippen LogP contribution in [0.15, 0.2) is 42.5 Å². The molecule has 3 nitrogen and oxygen atoms in total. The summed E-state index contributed by atoms with van der Waals surface area (Å²) in [5.41, 5.74) is 3.48. The maximum atomic E-state index is 12.9. The van der Waals surface area contributed by atoms with Crippen LogP contribution in [0, 0.1) is 15.4 Å². The Kier molecular flexibility index (Phi) is 5.83. The molecule has 2 aromatic rings. The van der Waals surface area contributed by atoms with Crippen LogP contribution >= 0.6 is 22.6 Å². The highest BCUT2D eigenvalue weighted by Crippen LogP contribution is 2.37. The molecule has 0 aromatic heterocycles. The number of Topliss-reactive ketones (excluding diaryl/α,β-unsaturated/α-hetero) is 1. The first-order valence-electron chi connectivity index (χ1n) is 9.81. The van der Waals surface area contributed by atoms with Gasteiger partial charge >= 0.3 is 0 Å². The van der Waals surface area contributed by atoms with Crippen LogP contribution in [0.2, 0.25) is 0 Å². The van der Waals surface area contributed by atoms with Crippen LogP contribution in [0.25, 0.3) is 0 Å². The van der Waals surface area contributed by atoms with E-state index in [1.165, 1.54) is 24.0 Å². The second kappa shape index (κ2) is 8.31. The van der Waals surface area contributed by atoms with Gasteiger partial charge in [-0.15, -0.1) is 0 Å². The zero-order valence-electron chi connectivity index (χ0n) is 15.8. The van der Waals surface area contributed by atoms with Gasteiger partial charge in [0.15, 0.2) is 5.78 Å². The first kappa shape index (κ1) is 18.9. The van der Waals surface area contributed by atoms with Crippen molar-refractivity contribution in [1.82, 2.24) is 4.90 Å². The Labute approximate surface area is 175 Å². The molecule has 142 valence electrons. The molecule has 0 radical (unpaired) electrons. The predicted octanol–water partition coefficient (Wildman–Crippen LogP) is 4.96. The Hall–Kier alpha value is -1.40. The molecule has 1 atom stereocenters. The number of piperidine rings is 1. The van der Waals surface area contributed by atoms with Crippen molar-refractivity contribution < 1.29 is 9.53 Å². The molecule has 0 N–H and O–H groups in total. The van der Waals surface area contributed by atoms with Gasteiger partial charge in [-0.25, -0.2) is 0 Å². The van der Waals surface area contributed by atoms with E-state index in [1.807, 2.05) is 6.07 Å². The lowest BCUT2D eigenvalue weighted by atomic mass is 9.85. The summed E-state index contributed by atoms with van der Waals surface area (Å²) in [4.78, 5) is 15.4. The minimum absolute atomic E-state index is 0.161. The molecule has 1 fully saturated rings. The molecular formula is C23H26INO2. The topological polar surface area (TPSA) is 29.5 Å². The fraction of sp³-hybridized carbons (Fsp3) is 0.435. The number of carbonyl (C=O) groups is 1. The highest BCUT2D eigenvalue weighted by molar-refractivity contribution is 14.1. The van der Waals surface area contributed by atoms with Crippen LogP contribution in [-0.4, -0.2) is 30.9 Å². The summed E-state index contributed by atoms with van der Waals surface area (Å²) in [6, 6.07) is 14.8. The number of benzene rings is 2. The number of hydrogen-bond acceptors (Lipinski definition) is 3. The summed E-state index contributed by atoms with van der Waals surface area (Å²) in [5, 5.41) is 0. The van der Waals surface area contributed by atoms with Crippen molar-refractivity contribution in [2.45, 2.75) is 32.2 Å². The van der Waals surface area contributed by atoms with Crippen LogP contribution in [0.4, 0.5) is 0 Å². The summed E-state index contributed by atoms with van der Waals surface area (Å²) in [7, 11) is 1.67. The molecule has 1 saturated heterocycles. The Morgan fingerprint density at radius 2 is 1.89 bits per heavy atom. The molecule has 1 aliphatic heterocycles. The molecule has 0 saturated carbocycles. The van der Waals surface area contributed by atoms with Gasteiger partial charge in [0.1, 0.15) is 5.75 Å². The van der Waals surface area contributed by atoms with Crippen LogP contribution in [-0.2, 0) is 13.0 Å². The van der Waals surface area contributed by atoms with Gasteiger partial charge < -0.3 is 4.74 Å². The molecule has 1 unspecified atom stereocenters. The lowest BCUT2D eigenvalue weighted by Gasteiger charge is -2.32. The van der Waals surface area contributed by atoms with Gasteiger partial charge in [-0.05, 0) is 90.5 Å². The monoisotopic (exact) mass is 475 g/mol. The molecule has 2 aliphatic rings. The van der Waals surface area contributed by atoms with Gasteiger partial charge in [0.05, 0.1) is 10.7 Å². The lowest BCUT2D eigenvalue weighted by Crippen LogP contribution is -2.34. The molecule has 4 heteroatoms. The van der Waals surface area contributed by atoms with E-state index >= 15 is 0 Å². The van der Waals surface area contributed by atoms with Gasteiger partial charge in [0, 0.05) is 18.0 Å². The van der Waals surface area contributed by atoms with Gasteiger partial charge in [-0.1, -0.05) is 30.3 Å². The number of ether oxygens (including phenoxy) is 1. The molecule has 27 heavy (non-hydrogen) atoms. The third-order valence-corrected chi connectivity index (χ3v) is 6.90. The van der Waals surface area contributed by atoms with Crippen LogP contribution in [0.5, 0.6) is 5.75 Å². The van der Waals surface area contributed by atoms with Crippen molar-refractivity contribution in [3.63, 3.8) is 0 Å². The number of hydrogen-bond donors (Lipinski definition) is 0. The Morgan fingerprint density at radius 3 is 2.59 bits per heavy atom. The molecule has 1 aliphatic carbocycles. The maximum absolute atomic E-state index is 12.9. The van der Waals surface area contributed by atoms with Gasteiger partial charge in [0.25, 0.3) is 0 Å². The highest BCUT2D eigenvalue weighted by Gasteiger charge is 2.34. The number of likely N-dealkylation sites (tertiary alicyclic amines) is 1. The summed E-state index contributed by atoms with van der Waals surface area (Å²) < 4.78 is 6.49. The molecule has 4 rings (SSSR count). The number of nitrogens with zero attached hydrogens (tertiary/aromatic N) is 1. The van der Waals surface area contributed by atoms with Gasteiger partial charge in [-0.2, -0.15) is 0 Å². The first-order chi connectivity index (χ1) is 13.1. The normalized spacial score (nSPS) is 20.7. The standard InChI is InChI=1S/C23H26INO2/c1-27-22-14-20-18(13-21(22)24)12-19(23(20)26)11-16-7-9-25(10-8-16)15-17-5-3-2-4-6-17/h2-6,13-14,16,19H,7-12,15H2,1H3. The van der Waals surface area contributed by atoms with Gasteiger partial charge in [0.2, 0.25) is 0 Å². The minimum Gasteiger partial charge on any atom is -0.496 e. The molecule has 0 bridgehead atoms. The third kappa shape index (κ3) is 4.21. The van der Waals surface area contributed by atoms with E-state index in [1.54, 1.807) is 7.11 Å². The number of fused-ring (bicyclic) bond motifs is 1. The predicted molar refractivity (Wildman–Crippen MR) is 116 cm³/mol. The molecular weight excluding hydrogens is 449 g/mol. The fourth-order valence-electron chi connectivity index (χ4n) is 4.54. The maximum Gasteiger partial charge on any atom is 0.166 e. The smallest absolute Gasteiger partial charge is 0.166 e. The summed E-state index contributed by atoms with van der Waals surface area (Å²) in [6.45, 7) is 3.32. The van der Waals surface area contributed by atoms with Crippen molar-refractivity contribution in [2.75, 3.05) is 20.2 Å². The Bertz CT molecular complexity index is 813.